The molecule has 1 aliphatic rings. The number of aromatic nitrogens is 1. The fourth-order valence-corrected chi connectivity index (χ4v) is 3.45. The van der Waals surface area contributed by atoms with Crippen molar-refractivity contribution < 1.29 is 14.4 Å². The molecule has 1 aromatic carbocycles. The SMILES string of the molecule is COC(=O)N[C@@H]1Cc2cn(OC)c3cccc(c23)[C@H]1C=C(C)C. The van der Waals surface area contributed by atoms with Crippen LogP contribution in [0.5, 0.6) is 0 Å². The third-order valence-corrected chi connectivity index (χ3v) is 4.34. The number of alkyl carbamates (subject to hydrolysis) is 1. The van der Waals surface area contributed by atoms with Crippen LogP contribution in [0.1, 0.15) is 30.9 Å². The molecule has 0 radical (unpaired) electrons. The fraction of sp³-hybridized carbons (Fsp3) is 0.389. The van der Waals surface area contributed by atoms with Crippen molar-refractivity contribution in [2.24, 2.45) is 0 Å². The van der Waals surface area contributed by atoms with Crippen LogP contribution in [0.15, 0.2) is 36.0 Å². The second kappa shape index (κ2) is 5.99. The van der Waals surface area contributed by atoms with Crippen LogP contribution in [0.4, 0.5) is 4.79 Å². The second-order valence-electron chi connectivity index (χ2n) is 6.12. The lowest BCUT2D eigenvalue weighted by Gasteiger charge is -2.30. The summed E-state index contributed by atoms with van der Waals surface area (Å²) in [6, 6.07) is 6.17. The normalized spacial score (nSPS) is 19.3. The van der Waals surface area contributed by atoms with E-state index in [1.807, 2.05) is 12.3 Å². The molecular formula is C18H22N2O3. The summed E-state index contributed by atoms with van der Waals surface area (Å²) in [6.45, 7) is 4.15. The molecule has 2 aromatic rings. The molecule has 0 unspecified atom stereocenters. The van der Waals surface area contributed by atoms with E-state index in [0.717, 1.165) is 11.9 Å². The smallest absolute Gasteiger partial charge is 0.407 e. The molecular weight excluding hydrogens is 292 g/mol. The molecule has 1 N–H and O–H groups in total. The van der Waals surface area contributed by atoms with Crippen molar-refractivity contribution in [1.82, 2.24) is 10.0 Å². The van der Waals surface area contributed by atoms with Crippen LogP contribution in [0.25, 0.3) is 10.9 Å². The second-order valence-corrected chi connectivity index (χ2v) is 6.12. The number of benzene rings is 1. The topological polar surface area (TPSA) is 52.5 Å². The molecule has 122 valence electrons. The number of allylic oxidation sites excluding steroid dienone is 1. The summed E-state index contributed by atoms with van der Waals surface area (Å²) in [5, 5.41) is 4.20. The first-order chi connectivity index (χ1) is 11.0. The maximum absolute atomic E-state index is 11.7. The summed E-state index contributed by atoms with van der Waals surface area (Å²) in [5.41, 5.74) is 4.67. The summed E-state index contributed by atoms with van der Waals surface area (Å²) in [5.74, 6) is 0.114. The van der Waals surface area contributed by atoms with E-state index in [4.69, 9.17) is 9.57 Å². The average molecular weight is 314 g/mol. The first kappa shape index (κ1) is 15.5. The van der Waals surface area contributed by atoms with Crippen LogP contribution in [0.2, 0.25) is 0 Å². The van der Waals surface area contributed by atoms with E-state index in [9.17, 15) is 4.79 Å². The predicted octanol–water partition coefficient (Wildman–Crippen LogP) is 3.03. The largest absolute Gasteiger partial charge is 0.453 e. The van der Waals surface area contributed by atoms with Gasteiger partial charge in [-0.15, -0.1) is 0 Å². The van der Waals surface area contributed by atoms with Crippen LogP contribution in [0.3, 0.4) is 0 Å². The first-order valence-corrected chi connectivity index (χ1v) is 7.72. The van der Waals surface area contributed by atoms with E-state index in [-0.39, 0.29) is 12.0 Å². The van der Waals surface area contributed by atoms with Crippen molar-refractivity contribution in [3.8, 4) is 0 Å². The van der Waals surface area contributed by atoms with Gasteiger partial charge in [-0.3, -0.25) is 0 Å². The number of rotatable bonds is 3. The molecule has 1 heterocycles. The van der Waals surface area contributed by atoms with Gasteiger partial charge in [0.1, 0.15) is 7.11 Å². The van der Waals surface area contributed by atoms with Gasteiger partial charge in [-0.05, 0) is 37.5 Å². The number of carbonyl (C=O) groups is 1. The van der Waals surface area contributed by atoms with Crippen molar-refractivity contribution in [3.63, 3.8) is 0 Å². The Morgan fingerprint density at radius 1 is 1.35 bits per heavy atom. The number of carbonyl (C=O) groups excluding carboxylic acids is 1. The van der Waals surface area contributed by atoms with E-state index in [2.05, 4.69) is 37.4 Å². The first-order valence-electron chi connectivity index (χ1n) is 7.72. The number of amides is 1. The van der Waals surface area contributed by atoms with E-state index >= 15 is 0 Å². The highest BCUT2D eigenvalue weighted by Gasteiger charge is 2.32. The number of methoxy groups -OCH3 is 1. The third-order valence-electron chi connectivity index (χ3n) is 4.34. The Labute approximate surface area is 135 Å². The Balaban J connectivity index is 2.14. The molecule has 0 aliphatic heterocycles. The molecule has 0 bridgehead atoms. The van der Waals surface area contributed by atoms with Gasteiger partial charge in [-0.1, -0.05) is 23.8 Å². The lowest BCUT2D eigenvalue weighted by atomic mass is 9.79. The van der Waals surface area contributed by atoms with Crippen LogP contribution in [-0.4, -0.2) is 31.1 Å². The molecule has 5 nitrogen and oxygen atoms in total. The van der Waals surface area contributed by atoms with Crippen molar-refractivity contribution in [1.29, 1.82) is 0 Å². The van der Waals surface area contributed by atoms with E-state index < -0.39 is 6.09 Å². The van der Waals surface area contributed by atoms with Gasteiger partial charge >= 0.3 is 6.09 Å². The molecule has 2 atom stereocenters. The summed E-state index contributed by atoms with van der Waals surface area (Å²) in [4.78, 5) is 17.2. The molecule has 0 spiro atoms. The Morgan fingerprint density at radius 2 is 2.13 bits per heavy atom. The zero-order valence-electron chi connectivity index (χ0n) is 13.9. The Bertz CT molecular complexity index is 772. The van der Waals surface area contributed by atoms with E-state index in [0.29, 0.717) is 0 Å². The highest BCUT2D eigenvalue weighted by molar-refractivity contribution is 5.89. The lowest BCUT2D eigenvalue weighted by molar-refractivity contribution is 0.165. The summed E-state index contributed by atoms with van der Waals surface area (Å²) >= 11 is 0. The Hall–Kier alpha value is -2.43. The highest BCUT2D eigenvalue weighted by atomic mass is 16.6. The van der Waals surface area contributed by atoms with Crippen LogP contribution in [-0.2, 0) is 11.2 Å². The standard InChI is InChI=1S/C18H22N2O3/c1-11(2)8-14-13-6-5-7-16-17(13)12(10-20(16)23-4)9-15(14)19-18(21)22-3/h5-8,10,14-15H,9H2,1-4H3,(H,19,21)/t14-,15-/m1/s1. The van der Waals surface area contributed by atoms with Crippen molar-refractivity contribution >= 4 is 17.0 Å². The monoisotopic (exact) mass is 314 g/mol. The Kier molecular flexibility index (Phi) is 4.03. The molecule has 23 heavy (non-hydrogen) atoms. The molecule has 5 heteroatoms. The number of nitrogens with one attached hydrogen (secondary N) is 1. The van der Waals surface area contributed by atoms with Crippen LogP contribution in [0, 0.1) is 0 Å². The minimum absolute atomic E-state index is 0.0387. The number of hydrogen-bond acceptors (Lipinski definition) is 3. The summed E-state index contributed by atoms with van der Waals surface area (Å²) < 4.78 is 6.58. The van der Waals surface area contributed by atoms with Gasteiger partial charge in [0.2, 0.25) is 0 Å². The third kappa shape index (κ3) is 2.67. The number of ether oxygens (including phenoxy) is 1. The summed E-state index contributed by atoms with van der Waals surface area (Å²) in [7, 11) is 3.05. The van der Waals surface area contributed by atoms with E-state index in [1.54, 1.807) is 11.8 Å². The minimum Gasteiger partial charge on any atom is -0.453 e. The average Bonchev–Trinajstić information content (AvgIpc) is 2.89. The lowest BCUT2D eigenvalue weighted by Crippen LogP contribution is -2.41. The number of hydrogen-bond donors (Lipinski definition) is 1. The van der Waals surface area contributed by atoms with Gasteiger partial charge in [0, 0.05) is 23.5 Å². The zero-order valence-corrected chi connectivity index (χ0v) is 13.9. The van der Waals surface area contributed by atoms with Crippen molar-refractivity contribution in [3.05, 3.63) is 47.2 Å². The molecule has 1 aliphatic carbocycles. The maximum Gasteiger partial charge on any atom is 0.407 e. The number of nitrogens with zero attached hydrogens (tertiary/aromatic N) is 1. The van der Waals surface area contributed by atoms with Gasteiger partial charge in [0.15, 0.2) is 0 Å². The summed E-state index contributed by atoms with van der Waals surface area (Å²) in [6.07, 6.45) is 4.55. The fourth-order valence-electron chi connectivity index (χ4n) is 3.45. The van der Waals surface area contributed by atoms with Gasteiger partial charge in [0.25, 0.3) is 0 Å². The van der Waals surface area contributed by atoms with Crippen molar-refractivity contribution in [2.75, 3.05) is 14.2 Å². The maximum atomic E-state index is 11.7. The molecule has 1 amide bonds. The van der Waals surface area contributed by atoms with Crippen LogP contribution >= 0.6 is 0 Å². The van der Waals surface area contributed by atoms with Gasteiger partial charge in [-0.2, -0.15) is 4.73 Å². The molecule has 3 rings (SSSR count). The predicted molar refractivity (Wildman–Crippen MR) is 89.6 cm³/mol. The Morgan fingerprint density at radius 3 is 2.78 bits per heavy atom. The molecule has 0 fully saturated rings. The molecule has 1 aromatic heterocycles. The minimum atomic E-state index is -0.399. The molecule has 0 saturated heterocycles. The highest BCUT2D eigenvalue weighted by Crippen LogP contribution is 2.39. The van der Waals surface area contributed by atoms with Gasteiger partial charge < -0.3 is 14.9 Å². The van der Waals surface area contributed by atoms with Gasteiger partial charge in [-0.25, -0.2) is 4.79 Å². The quantitative estimate of drug-likeness (QED) is 0.886. The van der Waals surface area contributed by atoms with Crippen LogP contribution < -0.4 is 10.2 Å². The van der Waals surface area contributed by atoms with Crippen molar-refractivity contribution in [2.45, 2.75) is 32.2 Å². The van der Waals surface area contributed by atoms with Gasteiger partial charge in [0.05, 0.1) is 12.6 Å². The van der Waals surface area contributed by atoms with E-state index in [1.165, 1.54) is 29.2 Å². The molecule has 0 saturated carbocycles. The zero-order chi connectivity index (χ0) is 16.6.